The molecule has 5 heteroatoms. The second-order valence-electron chi connectivity index (χ2n) is 16.7. The Kier molecular flexibility index (Phi) is 7.99. The van der Waals surface area contributed by atoms with Crippen molar-refractivity contribution in [2.45, 2.75) is 73.1 Å². The summed E-state index contributed by atoms with van der Waals surface area (Å²) in [6.45, 7) is 13.5. The molecule has 0 aliphatic carbocycles. The molecule has 0 amide bonds. The van der Waals surface area contributed by atoms with Crippen LogP contribution in [0.1, 0.15) is 83.1 Å². The smallest absolute Gasteiger partial charge is 0.148 e. The number of para-hydroxylation sites is 1. The van der Waals surface area contributed by atoms with Crippen LogP contribution >= 0.6 is 0 Å². The third-order valence-corrected chi connectivity index (χ3v) is 10.3. The van der Waals surface area contributed by atoms with Crippen molar-refractivity contribution in [2.24, 2.45) is 0 Å². The molecule has 0 saturated carbocycles. The summed E-state index contributed by atoms with van der Waals surface area (Å²) >= 11 is 0. The van der Waals surface area contributed by atoms with Gasteiger partial charge in [-0.3, -0.25) is 9.55 Å². The van der Waals surface area contributed by atoms with Gasteiger partial charge in [-0.1, -0.05) is 143 Å². The van der Waals surface area contributed by atoms with Crippen LogP contribution in [-0.4, -0.2) is 19.6 Å². The second kappa shape index (κ2) is 15.6. The zero-order chi connectivity index (χ0) is 48.8. The summed E-state index contributed by atoms with van der Waals surface area (Å²) in [6, 6.07) is 29.5. The molecule has 0 bridgehead atoms. The summed E-state index contributed by atoms with van der Waals surface area (Å²) in [5, 5.41) is 11.8. The fourth-order valence-corrected chi connectivity index (χ4v) is 7.14. The molecule has 0 atom stereocenters. The summed E-state index contributed by atoms with van der Waals surface area (Å²) in [7, 11) is 0. The fourth-order valence-electron chi connectivity index (χ4n) is 7.14. The standard InChI is InChI=1S/C53H50N3O.Pt/c1-33-18-20-37(21-19-33)38-22-23-54-47(31-38)41-26-40(28-42(29-41)52(4,5)6)45-16-13-17-48-49(45)55-51(46-25-34(2)24-35(3)50(46)57)56(48)44-30-39(36-14-11-10-12-15-36)27-43(32-44)53(7,8)9;/h10-25,27-32,57H,1-9H3;/q-1;/i1D3,18D,19D,20D,21D,22D,23D,31D;. The first kappa shape index (κ1) is 29.6. The van der Waals surface area contributed by atoms with Crippen LogP contribution in [0.5, 0.6) is 5.75 Å². The summed E-state index contributed by atoms with van der Waals surface area (Å²) < 4.78 is 87.7. The molecule has 0 aliphatic rings. The molecule has 58 heavy (non-hydrogen) atoms. The number of imidazole rings is 1. The van der Waals surface area contributed by atoms with Gasteiger partial charge in [-0.2, -0.15) is 0 Å². The first-order valence-corrected chi connectivity index (χ1v) is 19.0. The Morgan fingerprint density at radius 1 is 0.672 bits per heavy atom. The molecule has 0 saturated heterocycles. The predicted octanol–water partition coefficient (Wildman–Crippen LogP) is 13.8. The van der Waals surface area contributed by atoms with E-state index in [0.29, 0.717) is 33.6 Å². The molecule has 4 nitrogen and oxygen atoms in total. The van der Waals surface area contributed by atoms with E-state index in [1.807, 2.05) is 89.2 Å². The van der Waals surface area contributed by atoms with Crippen molar-refractivity contribution in [3.05, 3.63) is 167 Å². The molecule has 8 aromatic rings. The van der Waals surface area contributed by atoms with Crippen molar-refractivity contribution in [1.29, 1.82) is 0 Å². The maximum atomic E-state index is 11.8. The Morgan fingerprint density at radius 2 is 1.38 bits per heavy atom. The molecule has 0 radical (unpaired) electrons. The van der Waals surface area contributed by atoms with Crippen LogP contribution < -0.4 is 0 Å². The van der Waals surface area contributed by atoms with Crippen molar-refractivity contribution in [1.82, 2.24) is 14.5 Å². The maximum Gasteiger partial charge on any atom is 0.148 e. The maximum absolute atomic E-state index is 11.8. The van der Waals surface area contributed by atoms with Crippen LogP contribution in [-0.2, 0) is 31.9 Å². The van der Waals surface area contributed by atoms with E-state index in [4.69, 9.17) is 17.3 Å². The molecule has 6 aromatic carbocycles. The Labute approximate surface area is 372 Å². The molecule has 0 aliphatic heterocycles. The Balaban J connectivity index is 0.00000684. The molecule has 0 unspecified atom stereocenters. The van der Waals surface area contributed by atoms with Gasteiger partial charge >= 0.3 is 0 Å². The summed E-state index contributed by atoms with van der Waals surface area (Å²) in [6.07, 6.45) is -0.583. The van der Waals surface area contributed by atoms with E-state index < -0.39 is 65.8 Å². The average Bonchev–Trinajstić information content (AvgIpc) is 3.65. The second-order valence-corrected chi connectivity index (χ2v) is 16.7. The van der Waals surface area contributed by atoms with Gasteiger partial charge in [0.05, 0.1) is 26.2 Å². The van der Waals surface area contributed by atoms with Gasteiger partial charge in [0, 0.05) is 42.7 Å². The molecule has 8 rings (SSSR count). The van der Waals surface area contributed by atoms with Gasteiger partial charge in [-0.25, -0.2) is 4.98 Å². The van der Waals surface area contributed by atoms with Crippen molar-refractivity contribution < 1.29 is 39.9 Å². The number of aryl methyl sites for hydroxylation is 2. The molecule has 1 N–H and O–H groups in total. The van der Waals surface area contributed by atoms with Gasteiger partial charge in [-0.15, -0.1) is 29.3 Å². The minimum Gasteiger partial charge on any atom is -0.507 e. The van der Waals surface area contributed by atoms with E-state index in [2.05, 4.69) is 66.7 Å². The minimum atomic E-state index is -2.96. The van der Waals surface area contributed by atoms with Gasteiger partial charge < -0.3 is 5.11 Å². The summed E-state index contributed by atoms with van der Waals surface area (Å²) in [5.74, 6) is 0.615. The fraction of sp³-hybridized carbons (Fsp3) is 0.208. The minimum absolute atomic E-state index is 0. The predicted molar refractivity (Wildman–Crippen MR) is 238 cm³/mol. The number of aromatic nitrogens is 3. The van der Waals surface area contributed by atoms with E-state index >= 15 is 0 Å². The monoisotopic (exact) mass is 949 g/mol. The SMILES string of the molecule is [2H]c1nc(-c2[c-]c(-c3cccc4c3nc(-c3cc(C)cc(C)c3O)n4-c3cc(-c4ccccc4)cc(C(C)(C)C)c3)cc(C(C)(C)C)c2)c([2H])c(-c2c([2H])c([2H])c(C([2H])([2H])[2H])c([2H])c2[2H])c1[2H].[Pt]. The van der Waals surface area contributed by atoms with Crippen molar-refractivity contribution in [3.8, 4) is 67.5 Å². The third-order valence-electron chi connectivity index (χ3n) is 10.3. The number of phenolic OH excluding ortho intramolecular Hbond substituents is 1. The molecule has 0 spiro atoms. The van der Waals surface area contributed by atoms with Crippen molar-refractivity contribution >= 4 is 11.0 Å². The summed E-state index contributed by atoms with van der Waals surface area (Å²) in [4.78, 5) is 9.78. The first-order valence-electron chi connectivity index (χ1n) is 24.0. The van der Waals surface area contributed by atoms with E-state index in [9.17, 15) is 6.48 Å². The zero-order valence-corrected chi connectivity index (χ0v) is 36.0. The van der Waals surface area contributed by atoms with E-state index in [1.165, 1.54) is 0 Å². The normalized spacial score (nSPS) is 14.5. The molecule has 0 fully saturated rings. The topological polar surface area (TPSA) is 50.9 Å². The Morgan fingerprint density at radius 3 is 2.09 bits per heavy atom. The van der Waals surface area contributed by atoms with Gasteiger partial charge in [0.15, 0.2) is 0 Å². The number of aromatic hydroxyl groups is 1. The van der Waals surface area contributed by atoms with Crippen LogP contribution in [0.15, 0.2) is 133 Å². The van der Waals surface area contributed by atoms with Gasteiger partial charge in [0.1, 0.15) is 11.6 Å². The van der Waals surface area contributed by atoms with E-state index in [1.54, 1.807) is 6.07 Å². The Hall–Kier alpha value is -5.57. The number of benzene rings is 6. The molecular formula is C53H50N3OPt-. The van der Waals surface area contributed by atoms with Crippen LogP contribution in [0.2, 0.25) is 0 Å². The number of rotatable bonds is 6. The van der Waals surface area contributed by atoms with Crippen LogP contribution in [0.4, 0.5) is 0 Å². The number of pyridine rings is 1. The van der Waals surface area contributed by atoms with Gasteiger partial charge in [0.2, 0.25) is 0 Å². The number of nitrogens with zero attached hydrogens (tertiary/aromatic N) is 3. The Bertz CT molecular complexity index is 3280. The quantitative estimate of drug-likeness (QED) is 0.169. The van der Waals surface area contributed by atoms with Gasteiger partial charge in [0.25, 0.3) is 0 Å². The van der Waals surface area contributed by atoms with E-state index in [-0.39, 0.29) is 49.1 Å². The first-order chi connectivity index (χ1) is 31.3. The largest absolute Gasteiger partial charge is 0.507 e. The number of phenols is 1. The van der Waals surface area contributed by atoms with Crippen molar-refractivity contribution in [3.63, 3.8) is 0 Å². The molecular weight excluding hydrogens is 890 g/mol. The van der Waals surface area contributed by atoms with Crippen LogP contribution in [0, 0.1) is 26.8 Å². The average molecular weight is 950 g/mol. The number of hydrogen-bond donors (Lipinski definition) is 1. The van der Waals surface area contributed by atoms with E-state index in [0.717, 1.165) is 39.0 Å². The number of hydrogen-bond acceptors (Lipinski definition) is 3. The van der Waals surface area contributed by atoms with Gasteiger partial charge in [-0.05, 0) is 101 Å². The zero-order valence-electron chi connectivity index (χ0n) is 43.8. The van der Waals surface area contributed by atoms with Crippen LogP contribution in [0.3, 0.4) is 0 Å². The van der Waals surface area contributed by atoms with Crippen LogP contribution in [0.25, 0.3) is 72.7 Å². The molecule has 294 valence electrons. The summed E-state index contributed by atoms with van der Waals surface area (Å²) in [5.41, 5.74) is 7.39. The third kappa shape index (κ3) is 7.96. The van der Waals surface area contributed by atoms with Crippen molar-refractivity contribution in [2.75, 3.05) is 0 Å². The molecule has 2 heterocycles. The number of fused-ring (bicyclic) bond motifs is 1. The molecule has 2 aromatic heterocycles.